The summed E-state index contributed by atoms with van der Waals surface area (Å²) in [6.45, 7) is -0.0929. The first-order valence-electron chi connectivity index (χ1n) is 6.69. The highest BCUT2D eigenvalue weighted by Crippen LogP contribution is 2.26. The van der Waals surface area contributed by atoms with Gasteiger partial charge in [0.15, 0.2) is 11.6 Å². The van der Waals surface area contributed by atoms with Gasteiger partial charge in [0.2, 0.25) is 5.95 Å². The molecular weight excluding hydrogens is 361 g/mol. The molecule has 6 nitrogen and oxygen atoms in total. The molecule has 0 aliphatic heterocycles. The van der Waals surface area contributed by atoms with Gasteiger partial charge in [-0.25, -0.2) is 13.8 Å². The first-order chi connectivity index (χ1) is 11.5. The number of nitrogens with one attached hydrogen (secondary N) is 3. The van der Waals surface area contributed by atoms with Crippen LogP contribution in [0.5, 0.6) is 0 Å². The quantitative estimate of drug-likeness (QED) is 0.588. The number of anilines is 3. The molecule has 0 bridgehead atoms. The minimum Gasteiger partial charge on any atom is -0.363 e. The van der Waals surface area contributed by atoms with Gasteiger partial charge < -0.3 is 10.6 Å². The molecule has 0 aliphatic carbocycles. The van der Waals surface area contributed by atoms with Crippen LogP contribution in [0.3, 0.4) is 0 Å². The van der Waals surface area contributed by atoms with Gasteiger partial charge >= 0.3 is 0 Å². The summed E-state index contributed by atoms with van der Waals surface area (Å²) in [5.74, 6) is -1.31. The van der Waals surface area contributed by atoms with Crippen molar-refractivity contribution in [3.05, 3.63) is 58.0 Å². The molecule has 0 amide bonds. The van der Waals surface area contributed by atoms with Crippen molar-refractivity contribution in [1.29, 1.82) is 0 Å². The molecule has 0 aliphatic rings. The van der Waals surface area contributed by atoms with Gasteiger partial charge in [0.1, 0.15) is 5.82 Å². The molecule has 3 rings (SSSR count). The van der Waals surface area contributed by atoms with Crippen LogP contribution in [0.15, 0.2) is 30.7 Å². The molecule has 0 saturated heterocycles. The number of nitrogens with zero attached hydrogens (tertiary/aromatic N) is 3. The molecule has 0 radical (unpaired) electrons. The standard InChI is InChI=1S/C14H10Cl2F2N6/c15-9-1-2-10(16)12(18)8(9)5-19-13-11(17)6-20-14(24-13)23-7-3-21-22-4-7/h1-4,6H,5H2,(H,21,22)(H2,19,20,23,24). The Labute approximate surface area is 145 Å². The lowest BCUT2D eigenvalue weighted by molar-refractivity contribution is 0.607. The lowest BCUT2D eigenvalue weighted by Crippen LogP contribution is -2.08. The van der Waals surface area contributed by atoms with E-state index in [1.165, 1.54) is 18.3 Å². The van der Waals surface area contributed by atoms with Gasteiger partial charge in [-0.1, -0.05) is 23.2 Å². The summed E-state index contributed by atoms with van der Waals surface area (Å²) in [5, 5.41) is 12.0. The lowest BCUT2D eigenvalue weighted by Gasteiger charge is -2.11. The number of aromatic amines is 1. The van der Waals surface area contributed by atoms with Crippen molar-refractivity contribution >= 4 is 40.7 Å². The Balaban J connectivity index is 1.79. The SMILES string of the molecule is Fc1cnc(Nc2cn[nH]c2)nc1NCc1c(Cl)ccc(Cl)c1F. The van der Waals surface area contributed by atoms with E-state index in [9.17, 15) is 8.78 Å². The Bertz CT molecular complexity index is 857. The first-order valence-corrected chi connectivity index (χ1v) is 7.45. The van der Waals surface area contributed by atoms with Crippen LogP contribution in [-0.2, 0) is 6.54 Å². The summed E-state index contributed by atoms with van der Waals surface area (Å²) in [7, 11) is 0. The number of hydrogen-bond acceptors (Lipinski definition) is 5. The van der Waals surface area contributed by atoms with Crippen LogP contribution in [0, 0.1) is 11.6 Å². The second kappa shape index (κ2) is 6.98. The molecular formula is C14H10Cl2F2N6. The van der Waals surface area contributed by atoms with Crippen molar-refractivity contribution in [2.24, 2.45) is 0 Å². The molecule has 0 atom stereocenters. The molecule has 124 valence electrons. The van der Waals surface area contributed by atoms with Crippen LogP contribution in [-0.4, -0.2) is 20.2 Å². The number of H-pyrrole nitrogens is 1. The summed E-state index contributed by atoms with van der Waals surface area (Å²) in [6.07, 6.45) is 4.09. The predicted molar refractivity (Wildman–Crippen MR) is 87.6 cm³/mol. The third-order valence-corrected chi connectivity index (χ3v) is 3.72. The molecule has 0 unspecified atom stereocenters. The van der Waals surface area contributed by atoms with E-state index in [0.717, 1.165) is 6.20 Å². The summed E-state index contributed by atoms with van der Waals surface area (Å²) >= 11 is 11.7. The van der Waals surface area contributed by atoms with Crippen LogP contribution >= 0.6 is 23.2 Å². The third kappa shape index (κ3) is 3.55. The van der Waals surface area contributed by atoms with E-state index in [2.05, 4.69) is 30.8 Å². The van der Waals surface area contributed by atoms with Crippen LogP contribution in [0.4, 0.5) is 26.2 Å². The molecule has 24 heavy (non-hydrogen) atoms. The second-order valence-electron chi connectivity index (χ2n) is 4.68. The van der Waals surface area contributed by atoms with Crippen molar-refractivity contribution in [2.75, 3.05) is 10.6 Å². The minimum atomic E-state index is -0.689. The molecule has 2 aromatic heterocycles. The van der Waals surface area contributed by atoms with Crippen molar-refractivity contribution in [3.63, 3.8) is 0 Å². The fourth-order valence-corrected chi connectivity index (χ4v) is 2.29. The van der Waals surface area contributed by atoms with Crippen molar-refractivity contribution in [3.8, 4) is 0 Å². The van der Waals surface area contributed by atoms with Crippen LogP contribution in [0.1, 0.15) is 5.56 Å². The highest BCUT2D eigenvalue weighted by atomic mass is 35.5. The monoisotopic (exact) mass is 370 g/mol. The van der Waals surface area contributed by atoms with E-state index >= 15 is 0 Å². The molecule has 0 fully saturated rings. The number of hydrogen-bond donors (Lipinski definition) is 3. The number of aromatic nitrogens is 4. The predicted octanol–water partition coefficient (Wildman–Crippen LogP) is 4.14. The third-order valence-electron chi connectivity index (χ3n) is 3.07. The van der Waals surface area contributed by atoms with Gasteiger partial charge in [0.05, 0.1) is 23.1 Å². The fourth-order valence-electron chi connectivity index (χ4n) is 1.90. The molecule has 0 saturated carbocycles. The Kier molecular flexibility index (Phi) is 4.77. The van der Waals surface area contributed by atoms with Gasteiger partial charge in [0, 0.05) is 23.3 Å². The average Bonchev–Trinajstić information content (AvgIpc) is 3.07. The highest BCUT2D eigenvalue weighted by Gasteiger charge is 2.13. The number of benzene rings is 1. The van der Waals surface area contributed by atoms with E-state index < -0.39 is 11.6 Å². The molecule has 2 heterocycles. The Hall–Kier alpha value is -2.45. The van der Waals surface area contributed by atoms with Gasteiger partial charge in [-0.05, 0) is 12.1 Å². The summed E-state index contributed by atoms with van der Waals surface area (Å²) in [5.41, 5.74) is 0.725. The highest BCUT2D eigenvalue weighted by molar-refractivity contribution is 6.33. The van der Waals surface area contributed by atoms with E-state index in [-0.39, 0.29) is 33.9 Å². The van der Waals surface area contributed by atoms with Gasteiger partial charge in [-0.3, -0.25) is 5.10 Å². The zero-order valence-corrected chi connectivity index (χ0v) is 13.5. The van der Waals surface area contributed by atoms with Crippen LogP contribution in [0.2, 0.25) is 10.0 Å². The maximum atomic E-state index is 14.0. The molecule has 10 heteroatoms. The number of rotatable bonds is 5. The fraction of sp³-hybridized carbons (Fsp3) is 0.0714. The normalized spacial score (nSPS) is 10.7. The van der Waals surface area contributed by atoms with E-state index in [1.807, 2.05) is 0 Å². The van der Waals surface area contributed by atoms with E-state index in [0.29, 0.717) is 5.69 Å². The van der Waals surface area contributed by atoms with E-state index in [1.54, 1.807) is 6.20 Å². The summed E-state index contributed by atoms with van der Waals surface area (Å²) in [4.78, 5) is 7.81. The zero-order chi connectivity index (χ0) is 17.1. The maximum absolute atomic E-state index is 14.0. The largest absolute Gasteiger partial charge is 0.363 e. The van der Waals surface area contributed by atoms with Crippen molar-refractivity contribution < 1.29 is 8.78 Å². The van der Waals surface area contributed by atoms with Crippen molar-refractivity contribution in [2.45, 2.75) is 6.54 Å². The van der Waals surface area contributed by atoms with Gasteiger partial charge in [-0.2, -0.15) is 10.1 Å². The zero-order valence-electron chi connectivity index (χ0n) is 11.9. The van der Waals surface area contributed by atoms with Gasteiger partial charge in [0.25, 0.3) is 0 Å². The number of halogens is 4. The van der Waals surface area contributed by atoms with E-state index in [4.69, 9.17) is 23.2 Å². The first kappa shape index (κ1) is 16.4. The van der Waals surface area contributed by atoms with Crippen molar-refractivity contribution in [1.82, 2.24) is 20.2 Å². The summed E-state index contributed by atoms with van der Waals surface area (Å²) in [6, 6.07) is 2.81. The Morgan fingerprint density at radius 3 is 2.67 bits per heavy atom. The topological polar surface area (TPSA) is 78.5 Å². The molecule has 3 N–H and O–H groups in total. The molecule has 0 spiro atoms. The second-order valence-corrected chi connectivity index (χ2v) is 5.49. The van der Waals surface area contributed by atoms with Crippen LogP contribution < -0.4 is 10.6 Å². The van der Waals surface area contributed by atoms with Crippen LogP contribution in [0.25, 0.3) is 0 Å². The van der Waals surface area contributed by atoms with Gasteiger partial charge in [-0.15, -0.1) is 0 Å². The molecule has 1 aromatic carbocycles. The molecule has 3 aromatic rings. The maximum Gasteiger partial charge on any atom is 0.229 e. The average molecular weight is 371 g/mol. The lowest BCUT2D eigenvalue weighted by atomic mass is 10.2. The summed E-state index contributed by atoms with van der Waals surface area (Å²) < 4.78 is 27.8. The Morgan fingerprint density at radius 1 is 1.12 bits per heavy atom. The Morgan fingerprint density at radius 2 is 1.92 bits per heavy atom. The smallest absolute Gasteiger partial charge is 0.229 e. The minimum absolute atomic E-state index is 0.0679.